The predicted molar refractivity (Wildman–Crippen MR) is 122 cm³/mol. The van der Waals surface area contributed by atoms with Crippen LogP contribution in [0.25, 0.3) is 0 Å². The van der Waals surface area contributed by atoms with Gasteiger partial charge in [0, 0.05) is 0 Å². The molecule has 3 amide bonds. The number of carboxylic acid groups (broad SMARTS) is 1. The van der Waals surface area contributed by atoms with Gasteiger partial charge in [0.1, 0.15) is 18.1 Å². The van der Waals surface area contributed by atoms with Crippen molar-refractivity contribution >= 4 is 35.5 Å². The largest absolute Gasteiger partial charge is 0.480 e. The summed E-state index contributed by atoms with van der Waals surface area (Å²) < 4.78 is 0. The summed E-state index contributed by atoms with van der Waals surface area (Å²) in [5.41, 5.74) is 11.1. The lowest BCUT2D eigenvalue weighted by Gasteiger charge is -2.25. The van der Waals surface area contributed by atoms with Crippen LogP contribution in [0, 0.1) is 5.92 Å². The average molecular weight is 462 g/mol. The molecule has 8 N–H and O–H groups in total. The van der Waals surface area contributed by atoms with E-state index in [9.17, 15) is 24.3 Å². The molecule has 0 aliphatic heterocycles. The molecule has 0 aromatic carbocycles. The SMILES string of the molecule is CSCCC(NC(=O)C(C)N)C(=O)NC(CCCCN)C(=O)NC(CC(C)C)C(=O)O. The van der Waals surface area contributed by atoms with E-state index < -0.39 is 47.9 Å². The summed E-state index contributed by atoms with van der Waals surface area (Å²) in [6.07, 6.45) is 4.06. The number of hydrogen-bond acceptors (Lipinski definition) is 7. The fourth-order valence-corrected chi connectivity index (χ4v) is 3.28. The summed E-state index contributed by atoms with van der Waals surface area (Å²) in [6.45, 7) is 5.68. The molecular weight excluding hydrogens is 422 g/mol. The first kappa shape index (κ1) is 29.1. The number of nitrogens with one attached hydrogen (secondary N) is 3. The van der Waals surface area contributed by atoms with Crippen molar-refractivity contribution in [3.05, 3.63) is 0 Å². The first-order valence-electron chi connectivity index (χ1n) is 10.6. The number of carbonyl (C=O) groups is 4. The van der Waals surface area contributed by atoms with Gasteiger partial charge < -0.3 is 32.5 Å². The number of aliphatic carboxylic acids is 1. The smallest absolute Gasteiger partial charge is 0.326 e. The fourth-order valence-electron chi connectivity index (χ4n) is 2.81. The van der Waals surface area contributed by atoms with E-state index >= 15 is 0 Å². The van der Waals surface area contributed by atoms with Gasteiger partial charge in [0.15, 0.2) is 0 Å². The highest BCUT2D eigenvalue weighted by molar-refractivity contribution is 7.98. The Morgan fingerprint density at radius 3 is 1.84 bits per heavy atom. The van der Waals surface area contributed by atoms with Crippen molar-refractivity contribution in [2.45, 2.75) is 77.0 Å². The van der Waals surface area contributed by atoms with Crippen molar-refractivity contribution < 1.29 is 24.3 Å². The van der Waals surface area contributed by atoms with E-state index in [1.165, 1.54) is 18.7 Å². The number of unbranched alkanes of at least 4 members (excludes halogenated alkanes) is 1. The van der Waals surface area contributed by atoms with Crippen LogP contribution >= 0.6 is 11.8 Å². The van der Waals surface area contributed by atoms with Gasteiger partial charge in [-0.1, -0.05) is 13.8 Å². The summed E-state index contributed by atoms with van der Waals surface area (Å²) >= 11 is 1.52. The molecule has 0 aromatic rings. The van der Waals surface area contributed by atoms with Crippen molar-refractivity contribution in [2.75, 3.05) is 18.6 Å². The molecule has 0 bridgehead atoms. The minimum absolute atomic E-state index is 0.0658. The predicted octanol–water partition coefficient (Wildman–Crippen LogP) is -0.199. The maximum absolute atomic E-state index is 12.9. The number of rotatable bonds is 16. The van der Waals surface area contributed by atoms with E-state index in [2.05, 4.69) is 16.0 Å². The summed E-state index contributed by atoms with van der Waals surface area (Å²) in [4.78, 5) is 49.2. The highest BCUT2D eigenvalue weighted by Crippen LogP contribution is 2.08. The van der Waals surface area contributed by atoms with Crippen LogP contribution in [0.2, 0.25) is 0 Å². The molecule has 0 radical (unpaired) electrons. The van der Waals surface area contributed by atoms with Crippen LogP contribution in [0.15, 0.2) is 0 Å². The summed E-state index contributed by atoms with van der Waals surface area (Å²) in [6, 6.07) is -3.61. The van der Waals surface area contributed by atoms with Crippen molar-refractivity contribution in [3.8, 4) is 0 Å². The monoisotopic (exact) mass is 461 g/mol. The second-order valence-electron chi connectivity index (χ2n) is 8.01. The molecule has 0 spiro atoms. The van der Waals surface area contributed by atoms with Crippen molar-refractivity contribution in [3.63, 3.8) is 0 Å². The van der Waals surface area contributed by atoms with E-state index in [-0.39, 0.29) is 12.3 Å². The number of carbonyl (C=O) groups excluding carboxylic acids is 3. The topological polar surface area (TPSA) is 177 Å². The molecule has 0 saturated heterocycles. The first-order chi connectivity index (χ1) is 14.5. The molecule has 0 saturated carbocycles. The van der Waals surface area contributed by atoms with Crippen LogP contribution in [0.1, 0.15) is 52.9 Å². The van der Waals surface area contributed by atoms with Gasteiger partial charge in [0.25, 0.3) is 0 Å². The standard InChI is InChI=1S/C20H39N5O5S/c1-12(2)11-16(20(29)30)25-18(27)14(7-5-6-9-21)24-19(28)15(8-10-31-4)23-17(26)13(3)22/h12-16H,5-11,21-22H2,1-4H3,(H,23,26)(H,24,28)(H,25,27)(H,29,30). The summed E-state index contributed by atoms with van der Waals surface area (Å²) in [5.74, 6) is -1.98. The molecule has 10 nitrogen and oxygen atoms in total. The van der Waals surface area contributed by atoms with Crippen LogP contribution in [-0.4, -0.2) is 71.5 Å². The van der Waals surface area contributed by atoms with Gasteiger partial charge in [0.2, 0.25) is 17.7 Å². The maximum Gasteiger partial charge on any atom is 0.326 e. The van der Waals surface area contributed by atoms with Crippen LogP contribution in [-0.2, 0) is 19.2 Å². The normalized spacial score (nSPS) is 14.9. The quantitative estimate of drug-likeness (QED) is 0.171. The van der Waals surface area contributed by atoms with Gasteiger partial charge in [0.05, 0.1) is 6.04 Å². The number of carboxylic acids is 1. The zero-order valence-corrected chi connectivity index (χ0v) is 19.8. The third-order valence-corrected chi connectivity index (χ3v) is 5.20. The van der Waals surface area contributed by atoms with Crippen LogP contribution in [0.5, 0.6) is 0 Å². The van der Waals surface area contributed by atoms with Crippen molar-refractivity contribution in [1.29, 1.82) is 0 Å². The zero-order chi connectivity index (χ0) is 24.0. The molecule has 0 aliphatic rings. The molecule has 0 fully saturated rings. The van der Waals surface area contributed by atoms with Gasteiger partial charge in [-0.25, -0.2) is 4.79 Å². The van der Waals surface area contributed by atoms with E-state index in [1.54, 1.807) is 0 Å². The van der Waals surface area contributed by atoms with E-state index in [1.807, 2.05) is 20.1 Å². The highest BCUT2D eigenvalue weighted by Gasteiger charge is 2.29. The molecule has 11 heteroatoms. The maximum atomic E-state index is 12.9. The highest BCUT2D eigenvalue weighted by atomic mass is 32.2. The second-order valence-corrected chi connectivity index (χ2v) is 8.99. The Hall–Kier alpha value is -1.85. The van der Waals surface area contributed by atoms with E-state index in [0.29, 0.717) is 38.0 Å². The Kier molecular flexibility index (Phi) is 14.9. The van der Waals surface area contributed by atoms with E-state index in [0.717, 1.165) is 0 Å². The molecule has 31 heavy (non-hydrogen) atoms. The number of thioether (sulfide) groups is 1. The Labute approximate surface area is 189 Å². The third-order valence-electron chi connectivity index (χ3n) is 4.56. The molecule has 4 unspecified atom stereocenters. The van der Waals surface area contributed by atoms with Crippen LogP contribution in [0.4, 0.5) is 0 Å². The van der Waals surface area contributed by atoms with Crippen molar-refractivity contribution in [2.24, 2.45) is 17.4 Å². The minimum atomic E-state index is -1.13. The lowest BCUT2D eigenvalue weighted by molar-refractivity contribution is -0.142. The molecule has 0 aliphatic carbocycles. The molecule has 0 aromatic heterocycles. The average Bonchev–Trinajstić information content (AvgIpc) is 2.68. The molecule has 0 rings (SSSR count). The number of amides is 3. The lowest BCUT2D eigenvalue weighted by atomic mass is 10.0. The fraction of sp³-hybridized carbons (Fsp3) is 0.800. The van der Waals surface area contributed by atoms with Crippen LogP contribution < -0.4 is 27.4 Å². The van der Waals surface area contributed by atoms with Gasteiger partial charge >= 0.3 is 5.97 Å². The van der Waals surface area contributed by atoms with Gasteiger partial charge in [-0.2, -0.15) is 11.8 Å². The Morgan fingerprint density at radius 1 is 0.871 bits per heavy atom. The van der Waals surface area contributed by atoms with Crippen molar-refractivity contribution in [1.82, 2.24) is 16.0 Å². The minimum Gasteiger partial charge on any atom is -0.480 e. The lowest BCUT2D eigenvalue weighted by Crippen LogP contribution is -2.57. The number of nitrogens with two attached hydrogens (primary N) is 2. The van der Waals surface area contributed by atoms with E-state index in [4.69, 9.17) is 11.5 Å². The Bertz CT molecular complexity index is 588. The van der Waals surface area contributed by atoms with Gasteiger partial charge in [-0.05, 0) is 63.5 Å². The van der Waals surface area contributed by atoms with Gasteiger partial charge in [-0.15, -0.1) is 0 Å². The molecular formula is C20H39N5O5S. The third kappa shape index (κ3) is 12.6. The zero-order valence-electron chi connectivity index (χ0n) is 19.0. The Balaban J connectivity index is 5.37. The molecule has 4 atom stereocenters. The first-order valence-corrected chi connectivity index (χ1v) is 12.0. The summed E-state index contributed by atoms with van der Waals surface area (Å²) in [5, 5.41) is 17.2. The molecule has 180 valence electrons. The summed E-state index contributed by atoms with van der Waals surface area (Å²) in [7, 11) is 0. The number of hydrogen-bond donors (Lipinski definition) is 6. The van der Waals surface area contributed by atoms with Gasteiger partial charge in [-0.3, -0.25) is 14.4 Å². The van der Waals surface area contributed by atoms with Crippen LogP contribution in [0.3, 0.4) is 0 Å². The second kappa shape index (κ2) is 15.9. The molecule has 0 heterocycles. The Morgan fingerprint density at radius 2 is 1.39 bits per heavy atom.